The molecule has 22 heavy (non-hydrogen) atoms. The van der Waals surface area contributed by atoms with Gasteiger partial charge >= 0.3 is 0 Å². The molecule has 1 amide bonds. The van der Waals surface area contributed by atoms with E-state index in [2.05, 4.69) is 53.8 Å². The molecular formula is C19H22N2O. The van der Waals surface area contributed by atoms with E-state index in [1.165, 1.54) is 11.1 Å². The summed E-state index contributed by atoms with van der Waals surface area (Å²) in [5, 5.41) is 3.72. The Morgan fingerprint density at radius 1 is 1.05 bits per heavy atom. The van der Waals surface area contributed by atoms with Crippen molar-refractivity contribution in [2.45, 2.75) is 24.8 Å². The van der Waals surface area contributed by atoms with Crippen molar-refractivity contribution in [1.82, 2.24) is 5.32 Å². The molecule has 0 radical (unpaired) electrons. The van der Waals surface area contributed by atoms with Gasteiger partial charge in [-0.15, -0.1) is 0 Å². The number of carbonyl (C=O) groups excluding carboxylic acids is 1. The molecule has 1 aliphatic rings. The average Bonchev–Trinajstić information content (AvgIpc) is 2.56. The van der Waals surface area contributed by atoms with E-state index in [9.17, 15) is 4.79 Å². The summed E-state index contributed by atoms with van der Waals surface area (Å²) >= 11 is 0. The van der Waals surface area contributed by atoms with Crippen LogP contribution >= 0.6 is 0 Å². The van der Waals surface area contributed by atoms with Crippen LogP contribution in [0, 0.1) is 5.92 Å². The van der Waals surface area contributed by atoms with Gasteiger partial charge in [0.2, 0.25) is 5.91 Å². The summed E-state index contributed by atoms with van der Waals surface area (Å²) in [6, 6.07) is 21.0. The molecule has 1 saturated heterocycles. The van der Waals surface area contributed by atoms with Crippen molar-refractivity contribution in [2.75, 3.05) is 6.54 Å². The van der Waals surface area contributed by atoms with E-state index in [1.54, 1.807) is 0 Å². The lowest BCUT2D eigenvalue weighted by Gasteiger charge is -2.43. The van der Waals surface area contributed by atoms with Gasteiger partial charge in [-0.1, -0.05) is 60.7 Å². The van der Waals surface area contributed by atoms with E-state index < -0.39 is 0 Å². The third-order valence-corrected chi connectivity index (χ3v) is 4.60. The number of hydrogen-bond donors (Lipinski definition) is 2. The Hall–Kier alpha value is -2.13. The number of nitrogens with one attached hydrogen (secondary N) is 1. The molecule has 0 spiro atoms. The Kier molecular flexibility index (Phi) is 4.25. The fourth-order valence-electron chi connectivity index (χ4n) is 3.61. The molecule has 2 aromatic carbocycles. The highest BCUT2D eigenvalue weighted by Gasteiger charge is 2.39. The van der Waals surface area contributed by atoms with Crippen LogP contribution in [0.3, 0.4) is 0 Å². The normalized spacial score (nSPS) is 20.5. The van der Waals surface area contributed by atoms with E-state index in [-0.39, 0.29) is 11.4 Å². The minimum Gasteiger partial charge on any atom is -0.370 e. The summed E-state index contributed by atoms with van der Waals surface area (Å²) < 4.78 is 0. The van der Waals surface area contributed by atoms with E-state index in [1.807, 2.05) is 12.1 Å². The van der Waals surface area contributed by atoms with Crippen LogP contribution in [0.15, 0.2) is 60.7 Å². The molecule has 0 bridgehead atoms. The molecule has 0 saturated carbocycles. The van der Waals surface area contributed by atoms with Gasteiger partial charge in [-0.3, -0.25) is 4.79 Å². The molecule has 3 rings (SSSR count). The Morgan fingerprint density at radius 3 is 2.09 bits per heavy atom. The Morgan fingerprint density at radius 2 is 1.59 bits per heavy atom. The minimum absolute atomic E-state index is 0.207. The highest BCUT2D eigenvalue weighted by molar-refractivity contribution is 5.74. The first-order chi connectivity index (χ1) is 10.7. The van der Waals surface area contributed by atoms with Crippen molar-refractivity contribution in [3.05, 3.63) is 71.8 Å². The maximum absolute atomic E-state index is 11.4. The van der Waals surface area contributed by atoms with Gasteiger partial charge in [0.15, 0.2) is 0 Å². The number of rotatable bonds is 4. The Balaban J connectivity index is 2.02. The lowest BCUT2D eigenvalue weighted by molar-refractivity contribution is -0.119. The largest absolute Gasteiger partial charge is 0.370 e. The molecular weight excluding hydrogens is 272 g/mol. The maximum atomic E-state index is 11.4. The summed E-state index contributed by atoms with van der Waals surface area (Å²) in [7, 11) is 0. The first-order valence-corrected chi connectivity index (χ1v) is 7.85. The molecule has 1 unspecified atom stereocenters. The van der Waals surface area contributed by atoms with Crippen molar-refractivity contribution >= 4 is 5.91 Å². The number of carbonyl (C=O) groups is 1. The Bertz CT molecular complexity index is 585. The first-order valence-electron chi connectivity index (χ1n) is 7.85. The van der Waals surface area contributed by atoms with Gasteiger partial charge in [0.05, 0.1) is 5.54 Å². The van der Waals surface area contributed by atoms with Gasteiger partial charge in [0.1, 0.15) is 0 Å². The average molecular weight is 294 g/mol. The van der Waals surface area contributed by atoms with E-state index in [0.717, 1.165) is 19.4 Å². The maximum Gasteiger partial charge on any atom is 0.217 e. The predicted molar refractivity (Wildman–Crippen MR) is 88.2 cm³/mol. The second kappa shape index (κ2) is 6.32. The number of amides is 1. The number of primary amides is 1. The van der Waals surface area contributed by atoms with Crippen molar-refractivity contribution in [3.63, 3.8) is 0 Å². The topological polar surface area (TPSA) is 55.1 Å². The van der Waals surface area contributed by atoms with Crippen LogP contribution in [-0.4, -0.2) is 12.5 Å². The standard InChI is InChI=1S/C19H22N2O/c20-18(22)13-15-11-12-21-19(14-15,16-7-3-1-4-8-16)17-9-5-2-6-10-17/h1-10,15,21H,11-14H2,(H2,20,22). The lowest BCUT2D eigenvalue weighted by atomic mass is 9.72. The Labute approximate surface area is 131 Å². The number of benzene rings is 2. The van der Waals surface area contributed by atoms with Crippen LogP contribution in [0.25, 0.3) is 0 Å². The van der Waals surface area contributed by atoms with Crippen LogP contribution in [0.2, 0.25) is 0 Å². The number of nitrogens with two attached hydrogens (primary N) is 1. The van der Waals surface area contributed by atoms with Crippen LogP contribution in [0.4, 0.5) is 0 Å². The van der Waals surface area contributed by atoms with Crippen LogP contribution in [-0.2, 0) is 10.3 Å². The zero-order valence-corrected chi connectivity index (χ0v) is 12.7. The molecule has 1 aliphatic heterocycles. The van der Waals surface area contributed by atoms with Gasteiger partial charge in [0, 0.05) is 6.42 Å². The molecule has 0 aromatic heterocycles. The van der Waals surface area contributed by atoms with Gasteiger partial charge in [-0.25, -0.2) is 0 Å². The smallest absolute Gasteiger partial charge is 0.217 e. The van der Waals surface area contributed by atoms with Gasteiger partial charge in [-0.05, 0) is 36.4 Å². The zero-order chi connectivity index (χ0) is 15.4. The quantitative estimate of drug-likeness (QED) is 0.911. The minimum atomic E-state index is -0.235. The highest BCUT2D eigenvalue weighted by atomic mass is 16.1. The second-order valence-corrected chi connectivity index (χ2v) is 6.09. The molecule has 1 atom stereocenters. The predicted octanol–water partition coefficient (Wildman–Crippen LogP) is 2.81. The van der Waals surface area contributed by atoms with Gasteiger partial charge < -0.3 is 11.1 Å². The fourth-order valence-corrected chi connectivity index (χ4v) is 3.61. The van der Waals surface area contributed by atoms with E-state index in [4.69, 9.17) is 5.73 Å². The highest BCUT2D eigenvalue weighted by Crippen LogP contribution is 2.40. The number of hydrogen-bond acceptors (Lipinski definition) is 2. The van der Waals surface area contributed by atoms with Crippen LogP contribution in [0.5, 0.6) is 0 Å². The van der Waals surface area contributed by atoms with Crippen molar-refractivity contribution in [1.29, 1.82) is 0 Å². The van der Waals surface area contributed by atoms with E-state index >= 15 is 0 Å². The first kappa shape index (κ1) is 14.8. The van der Waals surface area contributed by atoms with Crippen LogP contribution < -0.4 is 11.1 Å². The molecule has 3 nitrogen and oxygen atoms in total. The molecule has 114 valence electrons. The van der Waals surface area contributed by atoms with Crippen LogP contribution in [0.1, 0.15) is 30.4 Å². The van der Waals surface area contributed by atoms with Crippen molar-refractivity contribution < 1.29 is 4.79 Å². The second-order valence-electron chi connectivity index (χ2n) is 6.09. The summed E-state index contributed by atoms with van der Waals surface area (Å²) in [5.74, 6) is 0.112. The zero-order valence-electron chi connectivity index (χ0n) is 12.7. The van der Waals surface area contributed by atoms with Gasteiger partial charge in [0.25, 0.3) is 0 Å². The summed E-state index contributed by atoms with van der Waals surface area (Å²) in [6.07, 6.45) is 2.34. The molecule has 1 fully saturated rings. The SMILES string of the molecule is NC(=O)CC1CCNC(c2ccccc2)(c2ccccc2)C1. The lowest BCUT2D eigenvalue weighted by Crippen LogP contribution is -2.49. The van der Waals surface area contributed by atoms with Gasteiger partial charge in [-0.2, -0.15) is 0 Å². The van der Waals surface area contributed by atoms with Crippen molar-refractivity contribution in [2.24, 2.45) is 11.7 Å². The third-order valence-electron chi connectivity index (χ3n) is 4.60. The summed E-state index contributed by atoms with van der Waals surface area (Å²) in [6.45, 7) is 0.891. The molecule has 2 aromatic rings. The van der Waals surface area contributed by atoms with E-state index in [0.29, 0.717) is 12.3 Å². The molecule has 3 heteroatoms. The molecule has 3 N–H and O–H groups in total. The molecule has 1 heterocycles. The molecule has 0 aliphatic carbocycles. The number of piperidine rings is 1. The summed E-state index contributed by atoms with van der Waals surface area (Å²) in [4.78, 5) is 11.4. The summed E-state index contributed by atoms with van der Waals surface area (Å²) in [5.41, 5.74) is 7.69. The fraction of sp³-hybridized carbons (Fsp3) is 0.316. The third kappa shape index (κ3) is 2.90. The monoisotopic (exact) mass is 294 g/mol. The van der Waals surface area contributed by atoms with Crippen molar-refractivity contribution in [3.8, 4) is 0 Å².